The summed E-state index contributed by atoms with van der Waals surface area (Å²) < 4.78 is 30.8. The SMILES string of the molecule is N#C/C(=C/Nc1ccc(S(=O)(=O)O)cc1)C(=O)NC1CCCC1. The molecule has 3 N–H and O–H groups in total. The highest BCUT2D eigenvalue weighted by molar-refractivity contribution is 7.85. The van der Waals surface area contributed by atoms with Gasteiger partial charge in [0.05, 0.1) is 4.90 Å². The molecule has 7 nitrogen and oxygen atoms in total. The second-order valence-electron chi connectivity index (χ2n) is 5.27. The van der Waals surface area contributed by atoms with Crippen LogP contribution in [0.3, 0.4) is 0 Å². The van der Waals surface area contributed by atoms with Gasteiger partial charge in [-0.15, -0.1) is 0 Å². The van der Waals surface area contributed by atoms with E-state index in [-0.39, 0.29) is 16.5 Å². The topological polar surface area (TPSA) is 119 Å². The predicted octanol–water partition coefficient (Wildman–Crippen LogP) is 1.81. The van der Waals surface area contributed by atoms with Crippen molar-refractivity contribution in [1.29, 1.82) is 5.26 Å². The van der Waals surface area contributed by atoms with Gasteiger partial charge in [0.15, 0.2) is 0 Å². The van der Waals surface area contributed by atoms with Crippen molar-refractivity contribution < 1.29 is 17.8 Å². The summed E-state index contributed by atoms with van der Waals surface area (Å²) in [5, 5.41) is 14.6. The molecule has 0 heterocycles. The Morgan fingerprint density at radius 1 is 1.26 bits per heavy atom. The predicted molar refractivity (Wildman–Crippen MR) is 84.0 cm³/mol. The molecule has 2 rings (SSSR count). The Morgan fingerprint density at radius 2 is 1.87 bits per heavy atom. The molecule has 8 heteroatoms. The molecule has 1 aliphatic rings. The molecule has 0 spiro atoms. The lowest BCUT2D eigenvalue weighted by Gasteiger charge is -2.11. The summed E-state index contributed by atoms with van der Waals surface area (Å²) in [5.74, 6) is -0.429. The summed E-state index contributed by atoms with van der Waals surface area (Å²) in [7, 11) is -4.24. The fraction of sp³-hybridized carbons (Fsp3) is 0.333. The zero-order chi connectivity index (χ0) is 16.9. The zero-order valence-electron chi connectivity index (χ0n) is 12.3. The van der Waals surface area contributed by atoms with E-state index in [0.29, 0.717) is 5.69 Å². The third kappa shape index (κ3) is 4.81. The molecular weight excluding hydrogens is 318 g/mol. The quantitative estimate of drug-likeness (QED) is 0.429. The summed E-state index contributed by atoms with van der Waals surface area (Å²) in [6.07, 6.45) is 5.28. The van der Waals surface area contributed by atoms with Gasteiger partial charge in [-0.2, -0.15) is 13.7 Å². The highest BCUT2D eigenvalue weighted by atomic mass is 32.2. The molecule has 23 heavy (non-hydrogen) atoms. The van der Waals surface area contributed by atoms with Crippen molar-refractivity contribution in [3.63, 3.8) is 0 Å². The molecule has 1 fully saturated rings. The monoisotopic (exact) mass is 335 g/mol. The van der Waals surface area contributed by atoms with Crippen molar-refractivity contribution in [2.45, 2.75) is 36.6 Å². The summed E-state index contributed by atoms with van der Waals surface area (Å²) in [4.78, 5) is 11.8. The number of anilines is 1. The molecule has 0 aromatic heterocycles. The number of hydrogen-bond donors (Lipinski definition) is 3. The lowest BCUT2D eigenvalue weighted by molar-refractivity contribution is -0.117. The molecule has 1 aliphatic carbocycles. The number of rotatable bonds is 5. The van der Waals surface area contributed by atoms with Gasteiger partial charge in [0.1, 0.15) is 11.6 Å². The number of amides is 1. The molecule has 1 saturated carbocycles. The van der Waals surface area contributed by atoms with Crippen LogP contribution >= 0.6 is 0 Å². The Morgan fingerprint density at radius 3 is 2.39 bits per heavy atom. The molecule has 0 radical (unpaired) electrons. The van der Waals surface area contributed by atoms with Gasteiger partial charge >= 0.3 is 0 Å². The van der Waals surface area contributed by atoms with Gasteiger partial charge in [0.25, 0.3) is 16.0 Å². The second kappa shape index (κ2) is 7.26. The van der Waals surface area contributed by atoms with E-state index in [1.54, 1.807) is 0 Å². The lowest BCUT2D eigenvalue weighted by Crippen LogP contribution is -2.33. The van der Waals surface area contributed by atoms with Gasteiger partial charge in [-0.05, 0) is 37.1 Å². The Kier molecular flexibility index (Phi) is 5.36. The molecule has 0 atom stereocenters. The second-order valence-corrected chi connectivity index (χ2v) is 6.69. The maximum absolute atomic E-state index is 12.0. The van der Waals surface area contributed by atoms with Gasteiger partial charge in [0.2, 0.25) is 0 Å². The Bertz CT molecular complexity index is 742. The third-order valence-electron chi connectivity index (χ3n) is 3.59. The van der Waals surface area contributed by atoms with E-state index in [2.05, 4.69) is 10.6 Å². The largest absolute Gasteiger partial charge is 0.360 e. The molecule has 122 valence electrons. The first-order valence-corrected chi connectivity index (χ1v) is 8.59. The van der Waals surface area contributed by atoms with Crippen molar-refractivity contribution in [2.75, 3.05) is 5.32 Å². The van der Waals surface area contributed by atoms with Crippen LogP contribution < -0.4 is 10.6 Å². The minimum Gasteiger partial charge on any atom is -0.360 e. The van der Waals surface area contributed by atoms with Crippen molar-refractivity contribution in [1.82, 2.24) is 5.32 Å². The van der Waals surface area contributed by atoms with Gasteiger partial charge in [0, 0.05) is 17.9 Å². The zero-order valence-corrected chi connectivity index (χ0v) is 13.1. The van der Waals surface area contributed by atoms with Crippen LogP contribution in [0.5, 0.6) is 0 Å². The first-order chi connectivity index (χ1) is 10.9. The van der Waals surface area contributed by atoms with Crippen molar-refractivity contribution in [3.8, 4) is 6.07 Å². The standard InChI is InChI=1S/C15H17N3O4S/c16-9-11(15(19)18-13-3-1-2-4-13)10-17-12-5-7-14(8-6-12)23(20,21)22/h5-8,10,13,17H,1-4H2,(H,18,19)(H,20,21,22)/b11-10-. The maximum atomic E-state index is 12.0. The van der Waals surface area contributed by atoms with Crippen LogP contribution in [0, 0.1) is 11.3 Å². The summed E-state index contributed by atoms with van der Waals surface area (Å²) in [5.41, 5.74) is 0.426. The van der Waals surface area contributed by atoms with Crippen LogP contribution in [0.25, 0.3) is 0 Å². The number of carbonyl (C=O) groups excluding carboxylic acids is 1. The van der Waals surface area contributed by atoms with Crippen molar-refractivity contribution in [2.24, 2.45) is 0 Å². The van der Waals surface area contributed by atoms with Gasteiger partial charge < -0.3 is 10.6 Å². The molecular formula is C15H17N3O4S. The smallest absolute Gasteiger partial charge is 0.294 e. The Labute approximate surface area is 134 Å². The van der Waals surface area contributed by atoms with E-state index in [1.807, 2.05) is 6.07 Å². The molecule has 1 aromatic rings. The van der Waals surface area contributed by atoms with Crippen LogP contribution in [-0.2, 0) is 14.9 Å². The van der Waals surface area contributed by atoms with E-state index >= 15 is 0 Å². The number of nitriles is 1. The van der Waals surface area contributed by atoms with E-state index in [4.69, 9.17) is 9.81 Å². The Hall–Kier alpha value is -2.37. The summed E-state index contributed by atoms with van der Waals surface area (Å²) in [6, 6.07) is 7.23. The molecule has 0 aliphatic heterocycles. The average molecular weight is 335 g/mol. The molecule has 0 saturated heterocycles. The lowest BCUT2D eigenvalue weighted by atomic mass is 10.2. The first kappa shape index (κ1) is 17.0. The van der Waals surface area contributed by atoms with Crippen LogP contribution in [0.2, 0.25) is 0 Å². The van der Waals surface area contributed by atoms with Crippen LogP contribution in [0.15, 0.2) is 40.9 Å². The van der Waals surface area contributed by atoms with Gasteiger partial charge in [-0.3, -0.25) is 9.35 Å². The normalized spacial score (nSPS) is 15.9. The van der Waals surface area contributed by atoms with Gasteiger partial charge in [-0.25, -0.2) is 0 Å². The van der Waals surface area contributed by atoms with Crippen LogP contribution in [0.4, 0.5) is 5.69 Å². The van der Waals surface area contributed by atoms with Crippen molar-refractivity contribution in [3.05, 3.63) is 36.0 Å². The van der Waals surface area contributed by atoms with E-state index in [1.165, 1.54) is 30.5 Å². The molecule has 1 aromatic carbocycles. The van der Waals surface area contributed by atoms with Crippen LogP contribution in [0.1, 0.15) is 25.7 Å². The minimum absolute atomic E-state index is 0.0595. The number of hydrogen-bond acceptors (Lipinski definition) is 5. The van der Waals surface area contributed by atoms with Gasteiger partial charge in [-0.1, -0.05) is 12.8 Å². The molecule has 0 bridgehead atoms. The van der Waals surface area contributed by atoms with E-state index in [0.717, 1.165) is 25.7 Å². The highest BCUT2D eigenvalue weighted by Gasteiger charge is 2.19. The number of benzene rings is 1. The summed E-state index contributed by atoms with van der Waals surface area (Å²) in [6.45, 7) is 0. The maximum Gasteiger partial charge on any atom is 0.294 e. The van der Waals surface area contributed by atoms with E-state index < -0.39 is 16.0 Å². The third-order valence-corrected chi connectivity index (χ3v) is 4.46. The van der Waals surface area contributed by atoms with E-state index in [9.17, 15) is 13.2 Å². The Balaban J connectivity index is 2.01. The minimum atomic E-state index is -4.24. The highest BCUT2D eigenvalue weighted by Crippen LogP contribution is 2.18. The van der Waals surface area contributed by atoms with Crippen molar-refractivity contribution >= 4 is 21.7 Å². The number of carbonyl (C=O) groups is 1. The number of nitrogens with one attached hydrogen (secondary N) is 2. The first-order valence-electron chi connectivity index (χ1n) is 7.15. The summed E-state index contributed by atoms with van der Waals surface area (Å²) >= 11 is 0. The van der Waals surface area contributed by atoms with Crippen LogP contribution in [-0.4, -0.2) is 24.9 Å². The average Bonchev–Trinajstić information content (AvgIpc) is 3.00. The fourth-order valence-electron chi connectivity index (χ4n) is 2.36. The fourth-order valence-corrected chi connectivity index (χ4v) is 2.84. The molecule has 1 amide bonds. The number of nitrogens with zero attached hydrogens (tertiary/aromatic N) is 1. The molecule has 0 unspecified atom stereocenters.